The summed E-state index contributed by atoms with van der Waals surface area (Å²) < 4.78 is 16.3. The zero-order chi connectivity index (χ0) is 30.6. The van der Waals surface area contributed by atoms with E-state index in [9.17, 15) is 18.8 Å². The summed E-state index contributed by atoms with van der Waals surface area (Å²) in [6.45, 7) is 6.08. The lowest BCUT2D eigenvalue weighted by atomic mass is 10.0. The van der Waals surface area contributed by atoms with Crippen LogP contribution >= 0.6 is 15.9 Å². The number of benzene rings is 1. The summed E-state index contributed by atoms with van der Waals surface area (Å²) in [7, 11) is 0. The topological polar surface area (TPSA) is 135 Å². The van der Waals surface area contributed by atoms with Crippen molar-refractivity contribution in [1.29, 1.82) is 0 Å². The summed E-state index contributed by atoms with van der Waals surface area (Å²) in [6.07, 6.45) is 4.51. The molecule has 1 saturated carbocycles. The van der Waals surface area contributed by atoms with Crippen LogP contribution in [0.2, 0.25) is 0 Å². The van der Waals surface area contributed by atoms with Gasteiger partial charge in [0.2, 0.25) is 11.8 Å². The molecule has 2 N–H and O–H groups in total. The number of rotatable bonds is 8. The fraction of sp³-hybridized carbons (Fsp3) is 0.367. The van der Waals surface area contributed by atoms with E-state index in [4.69, 9.17) is 0 Å². The van der Waals surface area contributed by atoms with Crippen molar-refractivity contribution in [1.82, 2.24) is 29.6 Å². The summed E-state index contributed by atoms with van der Waals surface area (Å²) in [5.74, 6) is 0.132. The fourth-order valence-electron chi connectivity index (χ4n) is 5.88. The van der Waals surface area contributed by atoms with Gasteiger partial charge in [-0.05, 0) is 71.8 Å². The second kappa shape index (κ2) is 10.8. The lowest BCUT2D eigenvalue weighted by Crippen LogP contribution is -2.47. The normalized spacial score (nSPS) is 20.7. The largest absolute Gasteiger partial charge is 0.353 e. The predicted molar refractivity (Wildman–Crippen MR) is 162 cm³/mol. The number of nitrogens with one attached hydrogen (secondary N) is 2. The molecule has 3 aromatic heterocycles. The standard InChI is InChI=1S/C30H30BrFN8O3/c1-15-5-6-25(31)36-28(15)37-29(43)23-9-30(4)10-24(30)40(23)26(42)14-39-22-7-18(11-32)21(8-20(22)27(38-39)16(2)41)35-19-12-33-17(3)34-13-19/h5-8,12-13,23-24,35H,9-11,14H2,1-4H3,(H,36,37,43)/t23-,24+,30-/m0/s1. The molecule has 6 rings (SSSR count). The van der Waals surface area contributed by atoms with Crippen LogP contribution in [-0.4, -0.2) is 59.3 Å². The van der Waals surface area contributed by atoms with Crippen LogP contribution in [0.5, 0.6) is 0 Å². The minimum atomic E-state index is -0.794. The molecule has 13 heteroatoms. The SMILES string of the molecule is CC(=O)c1nn(CC(=O)N2[C@H](C(=O)Nc3nc(Br)ccc3C)C[C@@]3(C)C[C@@H]23)c2cc(CF)c(Nc3cnc(C)nc3)cc12. The van der Waals surface area contributed by atoms with Gasteiger partial charge >= 0.3 is 0 Å². The number of Topliss-reactive ketones (excluding diaryl/α,β-unsaturated/α-hetero) is 1. The Morgan fingerprint density at radius 1 is 1.14 bits per heavy atom. The number of aromatic nitrogens is 5. The number of ketones is 1. The third-order valence-corrected chi connectivity index (χ3v) is 8.77. The van der Waals surface area contributed by atoms with Crippen LogP contribution in [0.1, 0.15) is 54.1 Å². The van der Waals surface area contributed by atoms with Gasteiger partial charge < -0.3 is 15.5 Å². The van der Waals surface area contributed by atoms with E-state index >= 15 is 0 Å². The molecule has 2 aliphatic rings. The number of amides is 2. The number of carbonyl (C=O) groups is 3. The highest BCUT2D eigenvalue weighted by molar-refractivity contribution is 9.10. The fourth-order valence-corrected chi connectivity index (χ4v) is 6.19. The summed E-state index contributed by atoms with van der Waals surface area (Å²) in [5, 5.41) is 11.0. The molecule has 2 fully saturated rings. The highest BCUT2D eigenvalue weighted by atomic mass is 79.9. The van der Waals surface area contributed by atoms with E-state index < -0.39 is 12.7 Å². The number of fused-ring (bicyclic) bond motifs is 2. The Hall–Kier alpha value is -4.26. The number of carbonyl (C=O) groups excluding carboxylic acids is 3. The maximum atomic E-state index is 14.3. The first-order valence-electron chi connectivity index (χ1n) is 13.9. The molecule has 0 spiro atoms. The van der Waals surface area contributed by atoms with Crippen LogP contribution in [0, 0.1) is 19.3 Å². The van der Waals surface area contributed by atoms with Crippen molar-refractivity contribution in [3.05, 3.63) is 63.9 Å². The first kappa shape index (κ1) is 28.8. The maximum absolute atomic E-state index is 14.3. The molecule has 2 amide bonds. The average Bonchev–Trinajstić information content (AvgIpc) is 3.34. The van der Waals surface area contributed by atoms with Crippen molar-refractivity contribution in [3.8, 4) is 0 Å². The Labute approximate surface area is 255 Å². The molecule has 1 aliphatic heterocycles. The summed E-state index contributed by atoms with van der Waals surface area (Å²) >= 11 is 3.34. The van der Waals surface area contributed by atoms with Gasteiger partial charge in [-0.2, -0.15) is 5.10 Å². The average molecular weight is 650 g/mol. The maximum Gasteiger partial charge on any atom is 0.248 e. The highest BCUT2D eigenvalue weighted by Gasteiger charge is 2.64. The Kier molecular flexibility index (Phi) is 7.23. The van der Waals surface area contributed by atoms with Crippen molar-refractivity contribution in [2.24, 2.45) is 5.41 Å². The second-order valence-corrected chi connectivity index (χ2v) is 12.4. The molecular formula is C30H30BrFN8O3. The van der Waals surface area contributed by atoms with Gasteiger partial charge in [0, 0.05) is 29.6 Å². The Balaban J connectivity index is 1.30. The van der Waals surface area contributed by atoms with Gasteiger partial charge in [-0.3, -0.25) is 19.1 Å². The molecule has 11 nitrogen and oxygen atoms in total. The monoisotopic (exact) mass is 648 g/mol. The van der Waals surface area contributed by atoms with Crippen molar-refractivity contribution in [3.63, 3.8) is 0 Å². The van der Waals surface area contributed by atoms with E-state index in [1.807, 2.05) is 13.0 Å². The van der Waals surface area contributed by atoms with Gasteiger partial charge in [0.1, 0.15) is 41.2 Å². The first-order valence-corrected chi connectivity index (χ1v) is 14.7. The van der Waals surface area contributed by atoms with Gasteiger partial charge in [0.05, 0.1) is 23.6 Å². The van der Waals surface area contributed by atoms with Crippen LogP contribution in [0.15, 0.2) is 41.3 Å². The van der Waals surface area contributed by atoms with E-state index in [2.05, 4.69) is 53.5 Å². The van der Waals surface area contributed by atoms with Crippen LogP contribution in [0.25, 0.3) is 10.9 Å². The Morgan fingerprint density at radius 3 is 2.58 bits per heavy atom. The zero-order valence-electron chi connectivity index (χ0n) is 24.1. The molecule has 222 valence electrons. The van der Waals surface area contributed by atoms with Gasteiger partial charge in [0.15, 0.2) is 5.78 Å². The highest BCUT2D eigenvalue weighted by Crippen LogP contribution is 2.59. The molecule has 4 aromatic rings. The number of hydrogen-bond acceptors (Lipinski definition) is 8. The smallest absolute Gasteiger partial charge is 0.248 e. The molecule has 0 radical (unpaired) electrons. The summed E-state index contributed by atoms with van der Waals surface area (Å²) in [6, 6.07) is 6.14. The van der Waals surface area contributed by atoms with E-state index in [1.165, 1.54) is 11.6 Å². The molecule has 0 bridgehead atoms. The first-order chi connectivity index (χ1) is 20.5. The lowest BCUT2D eigenvalue weighted by Gasteiger charge is -2.27. The van der Waals surface area contributed by atoms with Gasteiger partial charge in [-0.1, -0.05) is 13.0 Å². The van der Waals surface area contributed by atoms with Crippen LogP contribution in [0.4, 0.5) is 21.6 Å². The molecule has 1 aromatic carbocycles. The van der Waals surface area contributed by atoms with Crippen LogP contribution < -0.4 is 10.6 Å². The molecule has 1 saturated heterocycles. The van der Waals surface area contributed by atoms with Crippen molar-refractivity contribution in [2.45, 2.75) is 65.8 Å². The number of anilines is 3. The number of nitrogens with zero attached hydrogens (tertiary/aromatic N) is 6. The Morgan fingerprint density at radius 2 is 1.88 bits per heavy atom. The molecule has 4 heterocycles. The second-order valence-electron chi connectivity index (χ2n) is 11.6. The third kappa shape index (κ3) is 5.37. The molecular weight excluding hydrogens is 619 g/mol. The zero-order valence-corrected chi connectivity index (χ0v) is 25.7. The number of likely N-dealkylation sites (tertiary alicyclic amines) is 1. The quantitative estimate of drug-likeness (QED) is 0.201. The number of hydrogen-bond donors (Lipinski definition) is 2. The number of aryl methyl sites for hydroxylation is 2. The number of alkyl halides is 1. The van der Waals surface area contributed by atoms with Crippen molar-refractivity contribution < 1.29 is 18.8 Å². The van der Waals surface area contributed by atoms with E-state index in [0.717, 1.165) is 12.0 Å². The van der Waals surface area contributed by atoms with Crippen molar-refractivity contribution in [2.75, 3.05) is 10.6 Å². The summed E-state index contributed by atoms with van der Waals surface area (Å²) in [4.78, 5) is 54.3. The summed E-state index contributed by atoms with van der Waals surface area (Å²) in [5.41, 5.74) is 2.60. The molecule has 3 atom stereocenters. The molecule has 1 aliphatic carbocycles. The number of halogens is 2. The predicted octanol–water partition coefficient (Wildman–Crippen LogP) is 5.03. The molecule has 0 unspecified atom stereocenters. The third-order valence-electron chi connectivity index (χ3n) is 8.33. The minimum absolute atomic E-state index is 0.0737. The number of pyridine rings is 1. The number of piperidine rings is 1. The molecule has 43 heavy (non-hydrogen) atoms. The van der Waals surface area contributed by atoms with Crippen molar-refractivity contribution >= 4 is 61.6 Å². The van der Waals surface area contributed by atoms with Gasteiger partial charge in [0.25, 0.3) is 0 Å². The van der Waals surface area contributed by atoms with E-state index in [1.54, 1.807) is 42.4 Å². The lowest BCUT2D eigenvalue weighted by molar-refractivity contribution is -0.138. The van der Waals surface area contributed by atoms with Gasteiger partial charge in [-0.25, -0.2) is 19.3 Å². The van der Waals surface area contributed by atoms with E-state index in [0.29, 0.717) is 50.5 Å². The van der Waals surface area contributed by atoms with Gasteiger partial charge in [-0.15, -0.1) is 0 Å². The Bertz CT molecular complexity index is 1790. The minimum Gasteiger partial charge on any atom is -0.353 e. The van der Waals surface area contributed by atoms with Crippen LogP contribution in [-0.2, 0) is 22.8 Å². The van der Waals surface area contributed by atoms with Crippen LogP contribution in [0.3, 0.4) is 0 Å². The van der Waals surface area contributed by atoms with E-state index in [-0.39, 0.29) is 41.3 Å².